The summed E-state index contributed by atoms with van der Waals surface area (Å²) >= 11 is 13.4. The maximum Gasteiger partial charge on any atom is 0.202 e. The number of nitrogens with one attached hydrogen (secondary N) is 1. The second kappa shape index (κ2) is 6.55. The quantitative estimate of drug-likeness (QED) is 0.882. The van der Waals surface area contributed by atoms with E-state index >= 15 is 0 Å². The van der Waals surface area contributed by atoms with Gasteiger partial charge in [0.1, 0.15) is 5.82 Å². The fraction of sp³-hybridized carbons (Fsp3) is 0.385. The number of benzene rings is 1. The molecule has 1 N–H and O–H groups in total. The average molecular weight is 316 g/mol. The van der Waals surface area contributed by atoms with E-state index in [1.54, 1.807) is 6.07 Å². The molecule has 1 heterocycles. The van der Waals surface area contributed by atoms with Crippen LogP contribution in [0.2, 0.25) is 10.0 Å². The van der Waals surface area contributed by atoms with Crippen LogP contribution in [0.15, 0.2) is 18.2 Å². The summed E-state index contributed by atoms with van der Waals surface area (Å²) in [5, 5.41) is 5.41. The topological polar surface area (TPSA) is 37.8 Å². The Morgan fingerprint density at radius 3 is 2.79 bits per heavy atom. The molecule has 0 amide bonds. The molecular formula is C13H15Cl2N3S. The monoisotopic (exact) mass is 315 g/mol. The zero-order chi connectivity index (χ0) is 13.8. The van der Waals surface area contributed by atoms with E-state index in [1.165, 1.54) is 11.5 Å². The number of nitrogens with zero attached hydrogens (tertiary/aromatic N) is 2. The van der Waals surface area contributed by atoms with E-state index in [9.17, 15) is 0 Å². The molecule has 2 rings (SSSR count). The zero-order valence-corrected chi connectivity index (χ0v) is 13.1. The summed E-state index contributed by atoms with van der Waals surface area (Å²) in [6.07, 6.45) is 0.621. The van der Waals surface area contributed by atoms with Gasteiger partial charge in [-0.15, -0.1) is 0 Å². The Morgan fingerprint density at radius 1 is 1.32 bits per heavy atom. The van der Waals surface area contributed by atoms with Crippen molar-refractivity contribution in [2.75, 3.05) is 11.9 Å². The Hall–Kier alpha value is -0.840. The fourth-order valence-electron chi connectivity index (χ4n) is 1.52. The van der Waals surface area contributed by atoms with Crippen molar-refractivity contribution in [3.05, 3.63) is 39.6 Å². The molecule has 1 aromatic carbocycles. The molecule has 0 aliphatic rings. The summed E-state index contributed by atoms with van der Waals surface area (Å²) < 4.78 is 4.33. The maximum absolute atomic E-state index is 6.14. The normalized spacial score (nSPS) is 11.0. The minimum Gasteiger partial charge on any atom is -0.360 e. The van der Waals surface area contributed by atoms with E-state index in [1.807, 2.05) is 12.1 Å². The maximum atomic E-state index is 6.14. The van der Waals surface area contributed by atoms with Gasteiger partial charge < -0.3 is 5.32 Å². The molecule has 0 saturated heterocycles. The Balaban J connectivity index is 2.03. The minimum atomic E-state index is 0.582. The van der Waals surface area contributed by atoms with Crippen molar-refractivity contribution in [1.29, 1.82) is 0 Å². The van der Waals surface area contributed by atoms with Crippen molar-refractivity contribution >= 4 is 39.9 Å². The van der Waals surface area contributed by atoms with Gasteiger partial charge in [-0.25, -0.2) is 4.98 Å². The molecular weight excluding hydrogens is 301 g/mol. The smallest absolute Gasteiger partial charge is 0.202 e. The van der Waals surface area contributed by atoms with Crippen LogP contribution in [0.25, 0.3) is 0 Å². The molecule has 6 heteroatoms. The van der Waals surface area contributed by atoms with Gasteiger partial charge in [-0.1, -0.05) is 43.1 Å². The number of halogens is 2. The largest absolute Gasteiger partial charge is 0.360 e. The second-order valence-electron chi connectivity index (χ2n) is 4.70. The lowest BCUT2D eigenvalue weighted by atomic mass is 10.1. The SMILES string of the molecule is CC(C)CNc1nc(Cc2ccc(Cl)cc2Cl)ns1. The summed E-state index contributed by atoms with van der Waals surface area (Å²) in [4.78, 5) is 4.45. The highest BCUT2D eigenvalue weighted by Gasteiger charge is 2.08. The Labute approximate surface area is 127 Å². The van der Waals surface area contributed by atoms with Crippen LogP contribution >= 0.6 is 34.7 Å². The van der Waals surface area contributed by atoms with E-state index in [0.29, 0.717) is 22.4 Å². The molecule has 0 spiro atoms. The second-order valence-corrected chi connectivity index (χ2v) is 6.30. The summed E-state index contributed by atoms with van der Waals surface area (Å²) in [5.74, 6) is 1.36. The van der Waals surface area contributed by atoms with Crippen molar-refractivity contribution in [3.8, 4) is 0 Å². The molecule has 1 aromatic heterocycles. The lowest BCUT2D eigenvalue weighted by Crippen LogP contribution is -2.07. The van der Waals surface area contributed by atoms with Gasteiger partial charge in [0.25, 0.3) is 0 Å². The fourth-order valence-corrected chi connectivity index (χ4v) is 2.59. The van der Waals surface area contributed by atoms with E-state index in [0.717, 1.165) is 23.1 Å². The van der Waals surface area contributed by atoms with Crippen LogP contribution in [0.4, 0.5) is 5.13 Å². The minimum absolute atomic E-state index is 0.582. The van der Waals surface area contributed by atoms with Crippen LogP contribution in [0.3, 0.4) is 0 Å². The van der Waals surface area contributed by atoms with E-state index in [2.05, 4.69) is 28.5 Å². The summed E-state index contributed by atoms with van der Waals surface area (Å²) in [6, 6.07) is 5.47. The first-order chi connectivity index (χ1) is 9.04. The van der Waals surface area contributed by atoms with E-state index in [4.69, 9.17) is 23.2 Å². The van der Waals surface area contributed by atoms with Crippen LogP contribution in [-0.4, -0.2) is 15.9 Å². The highest BCUT2D eigenvalue weighted by molar-refractivity contribution is 7.09. The molecule has 0 aliphatic carbocycles. The third-order valence-corrected chi connectivity index (χ3v) is 3.79. The third-order valence-electron chi connectivity index (χ3n) is 2.49. The van der Waals surface area contributed by atoms with Crippen LogP contribution in [0.1, 0.15) is 25.2 Å². The Morgan fingerprint density at radius 2 is 2.11 bits per heavy atom. The van der Waals surface area contributed by atoms with Crippen LogP contribution in [-0.2, 0) is 6.42 Å². The van der Waals surface area contributed by atoms with Gasteiger partial charge in [-0.3, -0.25) is 0 Å². The molecule has 19 heavy (non-hydrogen) atoms. The predicted octanol–water partition coefficient (Wildman–Crippen LogP) is 4.50. The molecule has 0 atom stereocenters. The van der Waals surface area contributed by atoms with Crippen molar-refractivity contribution < 1.29 is 0 Å². The number of hydrogen-bond donors (Lipinski definition) is 1. The van der Waals surface area contributed by atoms with Crippen molar-refractivity contribution in [1.82, 2.24) is 9.36 Å². The van der Waals surface area contributed by atoms with E-state index < -0.39 is 0 Å². The predicted molar refractivity (Wildman–Crippen MR) is 82.5 cm³/mol. The molecule has 0 unspecified atom stereocenters. The van der Waals surface area contributed by atoms with Gasteiger partial charge in [0.15, 0.2) is 0 Å². The van der Waals surface area contributed by atoms with Crippen molar-refractivity contribution in [3.63, 3.8) is 0 Å². The molecule has 3 nitrogen and oxygen atoms in total. The first kappa shape index (κ1) is 14.6. The van der Waals surface area contributed by atoms with Crippen LogP contribution < -0.4 is 5.32 Å². The van der Waals surface area contributed by atoms with Gasteiger partial charge >= 0.3 is 0 Å². The first-order valence-electron chi connectivity index (χ1n) is 6.05. The zero-order valence-electron chi connectivity index (χ0n) is 10.8. The highest BCUT2D eigenvalue weighted by Crippen LogP contribution is 2.23. The number of aromatic nitrogens is 2. The number of anilines is 1. The molecule has 0 bridgehead atoms. The van der Waals surface area contributed by atoms with Crippen LogP contribution in [0, 0.1) is 5.92 Å². The third kappa shape index (κ3) is 4.34. The lowest BCUT2D eigenvalue weighted by Gasteiger charge is -2.04. The Kier molecular flexibility index (Phi) is 5.02. The molecule has 0 fully saturated rings. The van der Waals surface area contributed by atoms with E-state index in [-0.39, 0.29) is 0 Å². The van der Waals surface area contributed by atoms with Gasteiger partial charge in [0, 0.05) is 34.5 Å². The molecule has 0 aliphatic heterocycles. The highest BCUT2D eigenvalue weighted by atomic mass is 35.5. The van der Waals surface area contributed by atoms with Gasteiger partial charge in [0.2, 0.25) is 5.13 Å². The summed E-state index contributed by atoms with van der Waals surface area (Å²) in [5.41, 5.74) is 0.985. The molecule has 2 aromatic rings. The average Bonchev–Trinajstić information content (AvgIpc) is 2.78. The Bertz CT molecular complexity index is 555. The number of rotatable bonds is 5. The van der Waals surface area contributed by atoms with Gasteiger partial charge in [-0.2, -0.15) is 4.37 Å². The molecule has 102 valence electrons. The molecule has 0 radical (unpaired) electrons. The summed E-state index contributed by atoms with van der Waals surface area (Å²) in [7, 11) is 0. The first-order valence-corrected chi connectivity index (χ1v) is 7.58. The van der Waals surface area contributed by atoms with Gasteiger partial charge in [0.05, 0.1) is 0 Å². The summed E-state index contributed by atoms with van der Waals surface area (Å²) in [6.45, 7) is 5.21. The standard InChI is InChI=1S/C13H15Cl2N3S/c1-8(2)7-16-13-17-12(18-19-13)5-9-3-4-10(14)6-11(9)15/h3-4,6,8H,5,7H2,1-2H3,(H,16,17,18). The van der Waals surface area contributed by atoms with Crippen molar-refractivity contribution in [2.45, 2.75) is 20.3 Å². The van der Waals surface area contributed by atoms with Gasteiger partial charge in [-0.05, 0) is 23.6 Å². The van der Waals surface area contributed by atoms with Crippen molar-refractivity contribution in [2.24, 2.45) is 5.92 Å². The van der Waals surface area contributed by atoms with Crippen LogP contribution in [0.5, 0.6) is 0 Å². The number of hydrogen-bond acceptors (Lipinski definition) is 4. The lowest BCUT2D eigenvalue weighted by molar-refractivity contribution is 0.688. The molecule has 0 saturated carbocycles.